The number of carbonyl (C=O) groups is 1. The topological polar surface area (TPSA) is 77.5 Å². The highest BCUT2D eigenvalue weighted by molar-refractivity contribution is 5.95. The average molecular weight is 262 g/mol. The van der Waals surface area contributed by atoms with Crippen LogP contribution in [0.5, 0.6) is 5.75 Å². The lowest BCUT2D eigenvalue weighted by atomic mass is 10.0. The Bertz CT molecular complexity index is 631. The van der Waals surface area contributed by atoms with E-state index >= 15 is 0 Å². The summed E-state index contributed by atoms with van der Waals surface area (Å²) in [5, 5.41) is 9.98. The second-order valence-electron chi connectivity index (χ2n) is 4.41. The summed E-state index contributed by atoms with van der Waals surface area (Å²) in [5.74, 6) is -0.386. The Morgan fingerprint density at radius 2 is 2.21 bits per heavy atom. The molecule has 0 spiro atoms. The van der Waals surface area contributed by atoms with Gasteiger partial charge < -0.3 is 20.1 Å². The Hall–Kier alpha value is -2.01. The number of carboxylic acid groups (broad SMARTS) is 1. The van der Waals surface area contributed by atoms with Crippen LogP contribution in [0, 0.1) is 6.92 Å². The first kappa shape index (κ1) is 13.4. The largest absolute Gasteiger partial charge is 0.496 e. The number of hydrogen-bond acceptors (Lipinski definition) is 3. The van der Waals surface area contributed by atoms with E-state index in [0.29, 0.717) is 11.3 Å². The number of nitrogens with two attached hydrogens (primary N) is 1. The van der Waals surface area contributed by atoms with E-state index in [1.807, 2.05) is 32.0 Å². The molecule has 1 unspecified atom stereocenters. The number of nitrogens with zero attached hydrogens (tertiary/aromatic N) is 1. The van der Waals surface area contributed by atoms with Crippen molar-refractivity contribution in [3.63, 3.8) is 0 Å². The van der Waals surface area contributed by atoms with E-state index < -0.39 is 12.0 Å². The molecule has 1 aromatic carbocycles. The predicted octanol–water partition coefficient (Wildman–Crippen LogP) is 2.06. The van der Waals surface area contributed by atoms with Crippen molar-refractivity contribution in [1.29, 1.82) is 0 Å². The number of methoxy groups -OCH3 is 1. The zero-order valence-corrected chi connectivity index (χ0v) is 11.3. The van der Waals surface area contributed by atoms with Crippen LogP contribution in [0.4, 0.5) is 0 Å². The maximum atomic E-state index is 11.2. The summed E-state index contributed by atoms with van der Waals surface area (Å²) in [7, 11) is 1.57. The molecule has 0 aliphatic carbocycles. The van der Waals surface area contributed by atoms with Gasteiger partial charge in [0.15, 0.2) is 0 Å². The first-order chi connectivity index (χ1) is 9.02. The summed E-state index contributed by atoms with van der Waals surface area (Å²) in [6.45, 7) is 4.66. The minimum Gasteiger partial charge on any atom is -0.496 e. The van der Waals surface area contributed by atoms with Crippen LogP contribution in [0.3, 0.4) is 0 Å². The first-order valence-electron chi connectivity index (χ1n) is 6.17. The zero-order valence-electron chi connectivity index (χ0n) is 11.3. The van der Waals surface area contributed by atoms with Crippen LogP contribution in [0.2, 0.25) is 0 Å². The van der Waals surface area contributed by atoms with E-state index in [2.05, 4.69) is 4.57 Å². The summed E-state index contributed by atoms with van der Waals surface area (Å²) in [4.78, 5) is 11.2. The van der Waals surface area contributed by atoms with Crippen molar-refractivity contribution in [2.75, 3.05) is 7.11 Å². The Morgan fingerprint density at radius 3 is 2.74 bits per heavy atom. The Labute approximate surface area is 111 Å². The molecule has 0 saturated carbocycles. The Kier molecular flexibility index (Phi) is 3.48. The fourth-order valence-electron chi connectivity index (χ4n) is 2.60. The molecule has 0 radical (unpaired) electrons. The zero-order chi connectivity index (χ0) is 14.2. The van der Waals surface area contributed by atoms with E-state index in [1.165, 1.54) is 0 Å². The van der Waals surface area contributed by atoms with Gasteiger partial charge in [-0.1, -0.05) is 6.07 Å². The molecular weight excluding hydrogens is 244 g/mol. The van der Waals surface area contributed by atoms with Gasteiger partial charge in [0.05, 0.1) is 12.6 Å². The molecule has 0 bridgehead atoms. The number of aliphatic carboxylic acids is 1. The number of hydrogen-bond donors (Lipinski definition) is 2. The molecule has 0 amide bonds. The summed E-state index contributed by atoms with van der Waals surface area (Å²) in [5.41, 5.74) is 8.28. The van der Waals surface area contributed by atoms with Crippen molar-refractivity contribution in [2.45, 2.75) is 26.4 Å². The van der Waals surface area contributed by atoms with Crippen LogP contribution in [0.25, 0.3) is 10.9 Å². The second-order valence-corrected chi connectivity index (χ2v) is 4.41. The summed E-state index contributed by atoms with van der Waals surface area (Å²) in [6, 6.07) is 4.61. The average Bonchev–Trinajstić information content (AvgIpc) is 2.69. The number of aryl methyl sites for hydroxylation is 1. The van der Waals surface area contributed by atoms with Gasteiger partial charge in [0, 0.05) is 23.2 Å². The molecular formula is C14H18N2O3. The number of benzene rings is 1. The van der Waals surface area contributed by atoms with E-state index in [9.17, 15) is 9.90 Å². The maximum absolute atomic E-state index is 11.2. The molecule has 1 aromatic heterocycles. The highest BCUT2D eigenvalue weighted by Gasteiger charge is 2.25. The van der Waals surface area contributed by atoms with E-state index in [1.54, 1.807) is 7.11 Å². The second kappa shape index (κ2) is 4.93. The molecule has 2 rings (SSSR count). The maximum Gasteiger partial charge on any atom is 0.325 e. The highest BCUT2D eigenvalue weighted by atomic mass is 16.5. The van der Waals surface area contributed by atoms with Crippen LogP contribution < -0.4 is 10.5 Å². The van der Waals surface area contributed by atoms with Crippen molar-refractivity contribution < 1.29 is 14.6 Å². The van der Waals surface area contributed by atoms with Gasteiger partial charge in [-0.15, -0.1) is 0 Å². The summed E-state index contributed by atoms with van der Waals surface area (Å²) < 4.78 is 7.40. The quantitative estimate of drug-likeness (QED) is 0.884. The molecule has 0 aliphatic rings. The molecule has 0 saturated heterocycles. The number of aromatic nitrogens is 1. The van der Waals surface area contributed by atoms with Gasteiger partial charge >= 0.3 is 5.97 Å². The van der Waals surface area contributed by atoms with Gasteiger partial charge in [-0.25, -0.2) is 0 Å². The van der Waals surface area contributed by atoms with Gasteiger partial charge in [-0.3, -0.25) is 4.79 Å². The molecule has 5 heteroatoms. The van der Waals surface area contributed by atoms with Crippen molar-refractivity contribution in [3.8, 4) is 5.75 Å². The molecule has 0 aliphatic heterocycles. The fourth-order valence-corrected chi connectivity index (χ4v) is 2.60. The standard InChI is InChI=1S/C14H18N2O3/c1-4-16-8(2)11(13(15)14(17)18)12-9(16)6-5-7-10(12)19-3/h5-7,13H,4,15H2,1-3H3,(H,17,18). The molecule has 19 heavy (non-hydrogen) atoms. The van der Waals surface area contributed by atoms with Crippen LogP contribution in [-0.4, -0.2) is 22.8 Å². The highest BCUT2D eigenvalue weighted by Crippen LogP contribution is 2.36. The summed E-state index contributed by atoms with van der Waals surface area (Å²) >= 11 is 0. The van der Waals surface area contributed by atoms with Crippen molar-refractivity contribution in [2.24, 2.45) is 5.73 Å². The number of rotatable bonds is 4. The van der Waals surface area contributed by atoms with Gasteiger partial charge in [-0.05, 0) is 26.0 Å². The molecule has 3 N–H and O–H groups in total. The number of fused-ring (bicyclic) bond motifs is 1. The van der Waals surface area contributed by atoms with Gasteiger partial charge in [-0.2, -0.15) is 0 Å². The third kappa shape index (κ3) is 1.96. The number of carboxylic acids is 1. The Morgan fingerprint density at radius 1 is 1.53 bits per heavy atom. The van der Waals surface area contributed by atoms with Gasteiger partial charge in [0.25, 0.3) is 0 Å². The first-order valence-corrected chi connectivity index (χ1v) is 6.17. The lowest BCUT2D eigenvalue weighted by molar-refractivity contribution is -0.138. The number of ether oxygens (including phenoxy) is 1. The van der Waals surface area contributed by atoms with E-state index in [-0.39, 0.29) is 0 Å². The monoisotopic (exact) mass is 262 g/mol. The molecule has 0 fully saturated rings. The third-order valence-electron chi connectivity index (χ3n) is 3.47. The van der Waals surface area contributed by atoms with Crippen molar-refractivity contribution in [1.82, 2.24) is 4.57 Å². The fraction of sp³-hybridized carbons (Fsp3) is 0.357. The predicted molar refractivity (Wildman–Crippen MR) is 73.5 cm³/mol. The third-order valence-corrected chi connectivity index (χ3v) is 3.47. The van der Waals surface area contributed by atoms with E-state index in [4.69, 9.17) is 10.5 Å². The SMILES string of the molecule is CCn1c(C)c(C(N)C(=O)O)c2c(OC)cccc21. The van der Waals surface area contributed by atoms with Crippen LogP contribution in [-0.2, 0) is 11.3 Å². The van der Waals surface area contributed by atoms with Crippen molar-refractivity contribution >= 4 is 16.9 Å². The lowest BCUT2D eigenvalue weighted by Gasteiger charge is -2.09. The molecule has 5 nitrogen and oxygen atoms in total. The molecule has 2 aromatic rings. The molecule has 1 heterocycles. The Balaban J connectivity index is 2.88. The van der Waals surface area contributed by atoms with Crippen LogP contribution in [0.15, 0.2) is 18.2 Å². The smallest absolute Gasteiger partial charge is 0.325 e. The van der Waals surface area contributed by atoms with Crippen LogP contribution >= 0.6 is 0 Å². The lowest BCUT2D eigenvalue weighted by Crippen LogP contribution is -2.21. The van der Waals surface area contributed by atoms with Gasteiger partial charge in [0.2, 0.25) is 0 Å². The molecule has 102 valence electrons. The molecule has 1 atom stereocenters. The minimum absolute atomic E-state index is 0.627. The van der Waals surface area contributed by atoms with Crippen molar-refractivity contribution in [3.05, 3.63) is 29.5 Å². The van der Waals surface area contributed by atoms with Crippen LogP contribution in [0.1, 0.15) is 24.2 Å². The minimum atomic E-state index is -1.05. The van der Waals surface area contributed by atoms with E-state index in [0.717, 1.165) is 23.1 Å². The summed E-state index contributed by atoms with van der Waals surface area (Å²) in [6.07, 6.45) is 0. The van der Waals surface area contributed by atoms with Gasteiger partial charge in [0.1, 0.15) is 11.8 Å². The normalized spacial score (nSPS) is 12.6.